The molecule has 0 radical (unpaired) electrons. The number of carbonyl (C=O) groups excluding carboxylic acids is 1. The maximum Gasteiger partial charge on any atom is 0.331 e. The van der Waals surface area contributed by atoms with Gasteiger partial charge in [-0.1, -0.05) is 13.8 Å². The number of hydrogen-bond acceptors (Lipinski definition) is 5. The van der Waals surface area contributed by atoms with Gasteiger partial charge in [-0.3, -0.25) is 9.36 Å². The Morgan fingerprint density at radius 2 is 1.77 bits per heavy atom. The summed E-state index contributed by atoms with van der Waals surface area (Å²) in [7, 11) is 0. The van der Waals surface area contributed by atoms with Gasteiger partial charge in [0, 0.05) is 37.8 Å². The predicted molar refractivity (Wildman–Crippen MR) is 115 cm³/mol. The van der Waals surface area contributed by atoms with Gasteiger partial charge in [-0.05, 0) is 42.8 Å². The minimum Gasteiger partial charge on any atom is -0.508 e. The van der Waals surface area contributed by atoms with Crippen LogP contribution in [0.4, 0.5) is 0 Å². The number of piperazine rings is 1. The standard InChI is InChI=1S/C22H26N4O4/c1-3-14-12-18(20(28)13-19(14)27)26-17-6-5-15(11-16(17)23-22(26)30)21(29)25-9-7-24(4-2)8-10-25/h5-6,11-13,27-28H,3-4,7-10H2,1-2H3,(H,23,30). The van der Waals surface area contributed by atoms with E-state index in [1.165, 1.54) is 10.6 Å². The second-order valence-corrected chi connectivity index (χ2v) is 7.55. The number of phenolic OH excluding ortho intramolecular Hbond substituents is 2. The second kappa shape index (κ2) is 7.87. The zero-order chi connectivity index (χ0) is 21.4. The molecule has 3 N–H and O–H groups in total. The molecule has 1 aromatic heterocycles. The summed E-state index contributed by atoms with van der Waals surface area (Å²) in [4.78, 5) is 32.5. The first-order chi connectivity index (χ1) is 14.4. The van der Waals surface area contributed by atoms with Gasteiger partial charge in [-0.15, -0.1) is 0 Å². The lowest BCUT2D eigenvalue weighted by Crippen LogP contribution is -2.48. The molecule has 0 saturated carbocycles. The molecule has 1 aliphatic heterocycles. The third-order valence-corrected chi connectivity index (χ3v) is 5.83. The maximum atomic E-state index is 12.9. The molecule has 8 heteroatoms. The van der Waals surface area contributed by atoms with Crippen LogP contribution < -0.4 is 5.69 Å². The first kappa shape index (κ1) is 20.0. The Balaban J connectivity index is 1.70. The lowest BCUT2D eigenvalue weighted by molar-refractivity contribution is 0.0643. The molecule has 4 rings (SSSR count). The summed E-state index contributed by atoms with van der Waals surface area (Å²) in [6, 6.07) is 7.94. The number of nitrogens with one attached hydrogen (secondary N) is 1. The van der Waals surface area contributed by atoms with Crippen LogP contribution in [0, 0.1) is 0 Å². The third-order valence-electron chi connectivity index (χ3n) is 5.83. The second-order valence-electron chi connectivity index (χ2n) is 7.55. The molecule has 2 aromatic carbocycles. The largest absolute Gasteiger partial charge is 0.508 e. The number of H-pyrrole nitrogens is 1. The average Bonchev–Trinajstić information content (AvgIpc) is 3.08. The highest BCUT2D eigenvalue weighted by Gasteiger charge is 2.22. The smallest absolute Gasteiger partial charge is 0.331 e. The normalized spacial score (nSPS) is 15.1. The Morgan fingerprint density at radius 3 is 2.43 bits per heavy atom. The van der Waals surface area contributed by atoms with E-state index < -0.39 is 5.69 Å². The van der Waals surface area contributed by atoms with E-state index in [1.54, 1.807) is 24.3 Å². The van der Waals surface area contributed by atoms with Crippen molar-refractivity contribution in [1.82, 2.24) is 19.4 Å². The molecule has 0 unspecified atom stereocenters. The van der Waals surface area contributed by atoms with E-state index in [1.807, 2.05) is 11.8 Å². The molecule has 0 atom stereocenters. The molecule has 1 fully saturated rings. The lowest BCUT2D eigenvalue weighted by Gasteiger charge is -2.34. The van der Waals surface area contributed by atoms with Crippen molar-refractivity contribution in [3.05, 3.63) is 51.9 Å². The van der Waals surface area contributed by atoms with Crippen molar-refractivity contribution < 1.29 is 15.0 Å². The van der Waals surface area contributed by atoms with Crippen LogP contribution in [0.2, 0.25) is 0 Å². The van der Waals surface area contributed by atoms with Crippen molar-refractivity contribution in [2.75, 3.05) is 32.7 Å². The number of rotatable bonds is 4. The van der Waals surface area contributed by atoms with E-state index in [-0.39, 0.29) is 23.1 Å². The van der Waals surface area contributed by atoms with Crippen LogP contribution >= 0.6 is 0 Å². The van der Waals surface area contributed by atoms with Crippen LogP contribution in [0.25, 0.3) is 16.7 Å². The quantitative estimate of drug-likeness (QED) is 0.611. The van der Waals surface area contributed by atoms with E-state index in [9.17, 15) is 19.8 Å². The molecular formula is C22H26N4O4. The van der Waals surface area contributed by atoms with Crippen LogP contribution in [-0.4, -0.2) is 68.2 Å². The summed E-state index contributed by atoms with van der Waals surface area (Å²) < 4.78 is 1.36. The highest BCUT2D eigenvalue weighted by atomic mass is 16.3. The van der Waals surface area contributed by atoms with Gasteiger partial charge in [-0.25, -0.2) is 4.79 Å². The first-order valence-corrected chi connectivity index (χ1v) is 10.2. The number of likely N-dealkylation sites (N-methyl/N-ethyl adjacent to an activating group) is 1. The van der Waals surface area contributed by atoms with Gasteiger partial charge in [0.1, 0.15) is 11.5 Å². The lowest BCUT2D eigenvalue weighted by atomic mass is 10.1. The molecule has 158 valence electrons. The van der Waals surface area contributed by atoms with Crippen molar-refractivity contribution in [1.29, 1.82) is 0 Å². The summed E-state index contributed by atoms with van der Waals surface area (Å²) in [6.45, 7) is 8.06. The molecule has 1 saturated heterocycles. The Morgan fingerprint density at radius 1 is 1.03 bits per heavy atom. The van der Waals surface area contributed by atoms with Crippen molar-refractivity contribution in [3.63, 3.8) is 0 Å². The number of aromatic hydroxyl groups is 2. The highest BCUT2D eigenvalue weighted by molar-refractivity contribution is 5.97. The van der Waals surface area contributed by atoms with Gasteiger partial charge < -0.3 is 25.0 Å². The topological polar surface area (TPSA) is 102 Å². The number of aromatic nitrogens is 2. The average molecular weight is 410 g/mol. The summed E-state index contributed by atoms with van der Waals surface area (Å²) in [6.07, 6.45) is 0.556. The molecule has 30 heavy (non-hydrogen) atoms. The number of hydrogen-bond donors (Lipinski definition) is 3. The van der Waals surface area contributed by atoms with Crippen LogP contribution in [-0.2, 0) is 6.42 Å². The zero-order valence-electron chi connectivity index (χ0n) is 17.2. The fraction of sp³-hybridized carbons (Fsp3) is 0.364. The third kappa shape index (κ3) is 3.43. The van der Waals surface area contributed by atoms with Crippen molar-refractivity contribution >= 4 is 16.9 Å². The Bertz CT molecular complexity index is 1160. The van der Waals surface area contributed by atoms with Crippen molar-refractivity contribution in [2.24, 2.45) is 0 Å². The van der Waals surface area contributed by atoms with E-state index in [2.05, 4.69) is 16.8 Å². The van der Waals surface area contributed by atoms with Crippen molar-refractivity contribution in [2.45, 2.75) is 20.3 Å². The van der Waals surface area contributed by atoms with Crippen LogP contribution in [0.5, 0.6) is 11.5 Å². The fourth-order valence-corrected chi connectivity index (χ4v) is 4.00. The summed E-state index contributed by atoms with van der Waals surface area (Å²) >= 11 is 0. The van der Waals surface area contributed by atoms with E-state index in [4.69, 9.17) is 0 Å². The molecule has 0 aliphatic carbocycles. The maximum absolute atomic E-state index is 12.9. The van der Waals surface area contributed by atoms with Gasteiger partial charge >= 0.3 is 5.69 Å². The first-order valence-electron chi connectivity index (χ1n) is 10.2. The van der Waals surface area contributed by atoms with Gasteiger partial charge in [0.15, 0.2) is 0 Å². The molecule has 3 aromatic rings. The van der Waals surface area contributed by atoms with E-state index in [0.717, 1.165) is 19.6 Å². The van der Waals surface area contributed by atoms with Gasteiger partial charge in [0.25, 0.3) is 5.91 Å². The Labute approximate surface area is 174 Å². The number of nitrogens with zero attached hydrogens (tertiary/aromatic N) is 3. The van der Waals surface area contributed by atoms with Crippen LogP contribution in [0.15, 0.2) is 35.1 Å². The molecule has 1 amide bonds. The zero-order valence-corrected chi connectivity index (χ0v) is 17.2. The number of aromatic amines is 1. The number of benzene rings is 2. The molecule has 1 aliphatic rings. The number of aryl methyl sites for hydroxylation is 1. The highest BCUT2D eigenvalue weighted by Crippen LogP contribution is 2.31. The Kier molecular flexibility index (Phi) is 5.26. The Hall–Kier alpha value is -3.26. The van der Waals surface area contributed by atoms with Crippen LogP contribution in [0.3, 0.4) is 0 Å². The monoisotopic (exact) mass is 410 g/mol. The van der Waals surface area contributed by atoms with Gasteiger partial charge in [0.2, 0.25) is 0 Å². The summed E-state index contributed by atoms with van der Waals surface area (Å²) in [5, 5.41) is 20.3. The minimum atomic E-state index is -0.422. The molecule has 0 spiro atoms. The molecular weight excluding hydrogens is 384 g/mol. The van der Waals surface area contributed by atoms with Gasteiger partial charge in [-0.2, -0.15) is 0 Å². The number of fused-ring (bicyclic) bond motifs is 1. The number of carbonyl (C=O) groups is 1. The van der Waals surface area contributed by atoms with Crippen molar-refractivity contribution in [3.8, 4) is 17.2 Å². The molecule has 0 bridgehead atoms. The number of phenols is 2. The van der Waals surface area contributed by atoms with E-state index >= 15 is 0 Å². The molecule has 8 nitrogen and oxygen atoms in total. The predicted octanol–water partition coefficient (Wildman–Crippen LogP) is 2.07. The SMILES string of the molecule is CCc1cc(-n2c(=O)[nH]c3cc(C(=O)N4CCN(CC)CC4)ccc32)c(O)cc1O. The molecule has 2 heterocycles. The number of amides is 1. The summed E-state index contributed by atoms with van der Waals surface area (Å²) in [5.74, 6) is -0.258. The van der Waals surface area contributed by atoms with E-state index in [0.29, 0.717) is 41.7 Å². The minimum absolute atomic E-state index is 0.0114. The van der Waals surface area contributed by atoms with Crippen LogP contribution in [0.1, 0.15) is 29.8 Å². The fourth-order valence-electron chi connectivity index (χ4n) is 4.00. The number of imidazole rings is 1. The van der Waals surface area contributed by atoms with Gasteiger partial charge in [0.05, 0.1) is 16.7 Å². The summed E-state index contributed by atoms with van der Waals surface area (Å²) in [5.41, 5.74) is 2.08.